The van der Waals surface area contributed by atoms with E-state index in [2.05, 4.69) is 18.7 Å². The van der Waals surface area contributed by atoms with Crippen LogP contribution in [-0.4, -0.2) is 61.4 Å². The van der Waals surface area contributed by atoms with Crippen molar-refractivity contribution < 1.29 is 19.3 Å². The number of halogens is 1. The van der Waals surface area contributed by atoms with E-state index in [0.717, 1.165) is 38.2 Å². The average molecular weight is 398 g/mol. The highest BCUT2D eigenvalue weighted by Gasteiger charge is 2.50. The third kappa shape index (κ3) is 5.15. The molecule has 1 aromatic carbocycles. The second kappa shape index (κ2) is 8.66. The first-order chi connectivity index (χ1) is 12.8. The van der Waals surface area contributed by atoms with Crippen molar-refractivity contribution in [1.29, 1.82) is 0 Å². The number of aliphatic hydroxyl groups is 1. The van der Waals surface area contributed by atoms with Gasteiger partial charge in [0.1, 0.15) is 5.75 Å². The first-order valence-electron chi connectivity index (χ1n) is 9.85. The third-order valence-electron chi connectivity index (χ3n) is 5.90. The van der Waals surface area contributed by atoms with Crippen molar-refractivity contribution >= 4 is 11.6 Å². The Hall–Kier alpha value is -0.850. The van der Waals surface area contributed by atoms with Gasteiger partial charge in [0.15, 0.2) is 5.79 Å². The lowest BCUT2D eigenvalue weighted by molar-refractivity contribution is -0.231. The zero-order chi connectivity index (χ0) is 19.5. The minimum atomic E-state index is -0.698. The number of hydrogen-bond donors (Lipinski definition) is 1. The summed E-state index contributed by atoms with van der Waals surface area (Å²) in [7, 11) is 0. The first-order valence-corrected chi connectivity index (χ1v) is 10.2. The number of hydrogen-bond acceptors (Lipinski definition) is 5. The molecule has 0 aromatic heterocycles. The van der Waals surface area contributed by atoms with Crippen LogP contribution in [-0.2, 0) is 9.47 Å². The lowest BCUT2D eigenvalue weighted by Gasteiger charge is -2.40. The molecular formula is C21H32ClNO4. The Labute approximate surface area is 167 Å². The van der Waals surface area contributed by atoms with Gasteiger partial charge in [0, 0.05) is 24.7 Å². The Morgan fingerprint density at radius 3 is 2.78 bits per heavy atom. The summed E-state index contributed by atoms with van der Waals surface area (Å²) in [5.41, 5.74) is -0.323. The maximum atomic E-state index is 9.42. The summed E-state index contributed by atoms with van der Waals surface area (Å²) in [6, 6.07) is 7.38. The van der Waals surface area contributed by atoms with Crippen LogP contribution in [0.3, 0.4) is 0 Å². The summed E-state index contributed by atoms with van der Waals surface area (Å²) in [6.07, 6.45) is 2.29. The van der Waals surface area contributed by atoms with E-state index in [1.807, 2.05) is 31.2 Å². The van der Waals surface area contributed by atoms with Crippen molar-refractivity contribution in [3.8, 4) is 5.75 Å². The summed E-state index contributed by atoms with van der Waals surface area (Å²) in [5, 5.41) is 10.1. The second-order valence-corrected chi connectivity index (χ2v) is 9.01. The SMILES string of the molecule is CC(C)(COc1ccc(Cl)cc1)C1(C)OCC(CN2CCCC(CO)C2)O1. The van der Waals surface area contributed by atoms with Gasteiger partial charge in [0.2, 0.25) is 0 Å². The van der Waals surface area contributed by atoms with Crippen molar-refractivity contribution in [2.75, 3.05) is 39.5 Å². The Morgan fingerprint density at radius 2 is 2.07 bits per heavy atom. The Bertz CT molecular complexity index is 609. The van der Waals surface area contributed by atoms with Gasteiger partial charge in [-0.25, -0.2) is 0 Å². The molecule has 0 bridgehead atoms. The summed E-state index contributed by atoms with van der Waals surface area (Å²) < 4.78 is 18.4. The summed E-state index contributed by atoms with van der Waals surface area (Å²) in [4.78, 5) is 2.39. The van der Waals surface area contributed by atoms with Crippen LogP contribution < -0.4 is 4.74 Å². The molecular weight excluding hydrogens is 366 g/mol. The Balaban J connectivity index is 1.53. The summed E-state index contributed by atoms with van der Waals surface area (Å²) in [5.74, 6) is 0.474. The standard InChI is InChI=1S/C21H32ClNO4/c1-20(2,15-25-18-8-6-17(22)7-9-18)21(3)26-14-19(27-21)12-23-10-4-5-16(11-23)13-24/h6-9,16,19,24H,4-5,10-15H2,1-3H3. The molecule has 27 heavy (non-hydrogen) atoms. The van der Waals surface area contributed by atoms with Crippen molar-refractivity contribution in [1.82, 2.24) is 4.90 Å². The third-order valence-corrected chi connectivity index (χ3v) is 6.15. The number of nitrogens with zero attached hydrogens (tertiary/aromatic N) is 1. The van der Waals surface area contributed by atoms with Gasteiger partial charge in [-0.3, -0.25) is 0 Å². The second-order valence-electron chi connectivity index (χ2n) is 8.57. The zero-order valence-electron chi connectivity index (χ0n) is 16.6. The van der Waals surface area contributed by atoms with E-state index in [9.17, 15) is 5.11 Å². The van der Waals surface area contributed by atoms with E-state index < -0.39 is 5.79 Å². The predicted molar refractivity (Wildman–Crippen MR) is 106 cm³/mol. The van der Waals surface area contributed by atoms with E-state index in [-0.39, 0.29) is 18.1 Å². The lowest BCUT2D eigenvalue weighted by Crippen LogP contribution is -2.48. The van der Waals surface area contributed by atoms with E-state index >= 15 is 0 Å². The van der Waals surface area contributed by atoms with Gasteiger partial charge in [-0.1, -0.05) is 25.4 Å². The molecule has 2 aliphatic heterocycles. The molecule has 5 nitrogen and oxygen atoms in total. The first kappa shape index (κ1) is 20.9. The number of aliphatic hydroxyl groups excluding tert-OH is 1. The molecule has 0 amide bonds. The van der Waals surface area contributed by atoms with Crippen LogP contribution >= 0.6 is 11.6 Å². The molecule has 3 rings (SSSR count). The molecule has 1 N–H and O–H groups in total. The highest BCUT2D eigenvalue weighted by atomic mass is 35.5. The fraction of sp³-hybridized carbons (Fsp3) is 0.714. The van der Waals surface area contributed by atoms with E-state index in [0.29, 0.717) is 24.2 Å². The van der Waals surface area contributed by atoms with Gasteiger partial charge >= 0.3 is 0 Å². The number of piperidine rings is 1. The van der Waals surface area contributed by atoms with Crippen LogP contribution in [0.25, 0.3) is 0 Å². The Morgan fingerprint density at radius 1 is 1.33 bits per heavy atom. The number of ether oxygens (including phenoxy) is 3. The Kier molecular flexibility index (Phi) is 6.70. The van der Waals surface area contributed by atoms with Gasteiger partial charge in [0.25, 0.3) is 0 Å². The minimum absolute atomic E-state index is 0.0437. The largest absolute Gasteiger partial charge is 0.493 e. The van der Waals surface area contributed by atoms with Crippen LogP contribution in [0.4, 0.5) is 0 Å². The van der Waals surface area contributed by atoms with Crippen molar-refractivity contribution in [2.45, 2.75) is 45.5 Å². The quantitative estimate of drug-likeness (QED) is 0.762. The van der Waals surface area contributed by atoms with Gasteiger partial charge in [0.05, 0.1) is 24.7 Å². The fourth-order valence-corrected chi connectivity index (χ4v) is 3.89. The molecule has 1 aromatic rings. The molecule has 2 fully saturated rings. The molecule has 0 spiro atoms. The van der Waals surface area contributed by atoms with Crippen LogP contribution in [0.5, 0.6) is 5.75 Å². The van der Waals surface area contributed by atoms with Crippen molar-refractivity contribution in [3.63, 3.8) is 0 Å². The smallest absolute Gasteiger partial charge is 0.174 e. The molecule has 2 aliphatic rings. The fourth-order valence-electron chi connectivity index (χ4n) is 3.76. The van der Waals surface area contributed by atoms with Crippen molar-refractivity contribution in [2.24, 2.45) is 11.3 Å². The number of rotatable bonds is 7. The highest BCUT2D eigenvalue weighted by Crippen LogP contribution is 2.40. The molecule has 2 saturated heterocycles. The van der Waals surface area contributed by atoms with Crippen LogP contribution in [0.2, 0.25) is 5.02 Å². The molecule has 3 atom stereocenters. The molecule has 2 heterocycles. The topological polar surface area (TPSA) is 51.2 Å². The molecule has 3 unspecified atom stereocenters. The van der Waals surface area contributed by atoms with Crippen LogP contribution in [0, 0.1) is 11.3 Å². The van der Waals surface area contributed by atoms with E-state index in [1.54, 1.807) is 0 Å². The molecule has 6 heteroatoms. The van der Waals surface area contributed by atoms with E-state index in [4.69, 9.17) is 25.8 Å². The predicted octanol–water partition coefficient (Wildman–Crippen LogP) is 3.58. The van der Waals surface area contributed by atoms with Gasteiger partial charge < -0.3 is 24.2 Å². The molecule has 152 valence electrons. The number of benzene rings is 1. The maximum absolute atomic E-state index is 9.42. The molecule has 0 saturated carbocycles. The normalized spacial score (nSPS) is 29.8. The molecule has 0 aliphatic carbocycles. The van der Waals surface area contributed by atoms with Gasteiger partial charge in [-0.05, 0) is 56.5 Å². The van der Waals surface area contributed by atoms with E-state index in [1.165, 1.54) is 0 Å². The summed E-state index contributed by atoms with van der Waals surface area (Å²) >= 11 is 5.93. The monoisotopic (exact) mass is 397 g/mol. The van der Waals surface area contributed by atoms with Gasteiger partial charge in [-0.2, -0.15) is 0 Å². The average Bonchev–Trinajstić information content (AvgIpc) is 3.04. The molecule has 0 radical (unpaired) electrons. The highest BCUT2D eigenvalue weighted by molar-refractivity contribution is 6.30. The zero-order valence-corrected chi connectivity index (χ0v) is 17.4. The van der Waals surface area contributed by atoms with Crippen molar-refractivity contribution in [3.05, 3.63) is 29.3 Å². The summed E-state index contributed by atoms with van der Waals surface area (Å²) in [6.45, 7) is 10.4. The minimum Gasteiger partial charge on any atom is -0.493 e. The number of likely N-dealkylation sites (tertiary alicyclic amines) is 1. The van der Waals surface area contributed by atoms with Gasteiger partial charge in [-0.15, -0.1) is 0 Å². The lowest BCUT2D eigenvalue weighted by atomic mass is 9.85. The van der Waals surface area contributed by atoms with Crippen LogP contribution in [0.1, 0.15) is 33.6 Å². The van der Waals surface area contributed by atoms with Crippen LogP contribution in [0.15, 0.2) is 24.3 Å². The maximum Gasteiger partial charge on any atom is 0.174 e.